The molecule has 0 heterocycles. The fraction of sp³-hybridized carbons (Fsp3) is 0.562. The van der Waals surface area contributed by atoms with Crippen molar-refractivity contribution in [3.8, 4) is 18.5 Å². The molecule has 1 unspecified atom stereocenters. The zero-order valence-electron chi connectivity index (χ0n) is 12.3. The van der Waals surface area contributed by atoms with Gasteiger partial charge in [-0.2, -0.15) is 5.26 Å². The Bertz CT molecular complexity index is 382. The lowest BCUT2D eigenvalue weighted by molar-refractivity contribution is 0.347. The summed E-state index contributed by atoms with van der Waals surface area (Å²) in [5, 5.41) is 15.4. The lowest BCUT2D eigenvalue weighted by Gasteiger charge is -2.23. The molecule has 3 nitrogen and oxygen atoms in total. The van der Waals surface area contributed by atoms with Crippen molar-refractivity contribution in [1.82, 2.24) is 10.6 Å². The predicted molar refractivity (Wildman–Crippen MR) is 81.0 cm³/mol. The van der Waals surface area contributed by atoms with Crippen molar-refractivity contribution in [3.05, 3.63) is 23.9 Å². The van der Waals surface area contributed by atoms with E-state index in [1.807, 2.05) is 13.0 Å². The largest absolute Gasteiger partial charge is 0.322 e. The fourth-order valence-electron chi connectivity index (χ4n) is 1.75. The maximum atomic E-state index is 9.44. The minimum Gasteiger partial charge on any atom is -0.322 e. The number of nitrogens with one attached hydrogen (secondary N) is 2. The van der Waals surface area contributed by atoms with Gasteiger partial charge in [-0.05, 0) is 45.4 Å². The van der Waals surface area contributed by atoms with Gasteiger partial charge in [0, 0.05) is 12.2 Å². The SMILES string of the molecule is C#CN/C=C\C(C)=C/CC(C#N)(CC)CCNCC. The van der Waals surface area contributed by atoms with Crippen molar-refractivity contribution in [2.45, 2.75) is 40.0 Å². The maximum absolute atomic E-state index is 9.44. The van der Waals surface area contributed by atoms with E-state index >= 15 is 0 Å². The Labute approximate surface area is 117 Å². The van der Waals surface area contributed by atoms with Crippen LogP contribution in [0.15, 0.2) is 23.9 Å². The first-order chi connectivity index (χ1) is 9.14. The van der Waals surface area contributed by atoms with E-state index in [0.717, 1.165) is 37.9 Å². The molecule has 0 aromatic heterocycles. The fourth-order valence-corrected chi connectivity index (χ4v) is 1.75. The minimum atomic E-state index is -0.267. The molecule has 0 aliphatic heterocycles. The normalized spacial score (nSPS) is 14.7. The van der Waals surface area contributed by atoms with Gasteiger partial charge in [0.25, 0.3) is 0 Å². The summed E-state index contributed by atoms with van der Waals surface area (Å²) in [6, 6.07) is 4.82. The van der Waals surface area contributed by atoms with E-state index in [0.29, 0.717) is 0 Å². The van der Waals surface area contributed by atoms with E-state index in [1.165, 1.54) is 0 Å². The Balaban J connectivity index is 4.54. The van der Waals surface area contributed by atoms with Gasteiger partial charge in [0.15, 0.2) is 0 Å². The molecule has 0 spiro atoms. The van der Waals surface area contributed by atoms with E-state index < -0.39 is 0 Å². The highest BCUT2D eigenvalue weighted by molar-refractivity contribution is 5.18. The molecular weight excluding hydrogens is 234 g/mol. The van der Waals surface area contributed by atoms with Gasteiger partial charge in [0.1, 0.15) is 0 Å². The highest BCUT2D eigenvalue weighted by Gasteiger charge is 2.25. The second-order valence-corrected chi connectivity index (χ2v) is 4.62. The average molecular weight is 259 g/mol. The molecule has 19 heavy (non-hydrogen) atoms. The van der Waals surface area contributed by atoms with Crippen LogP contribution in [0, 0.1) is 29.2 Å². The van der Waals surface area contributed by atoms with E-state index in [4.69, 9.17) is 6.42 Å². The third kappa shape index (κ3) is 7.34. The van der Waals surface area contributed by atoms with Crippen LogP contribution in [0.1, 0.15) is 40.0 Å². The molecular formula is C16H25N3. The van der Waals surface area contributed by atoms with Crippen molar-refractivity contribution >= 4 is 0 Å². The van der Waals surface area contributed by atoms with Crippen LogP contribution in [-0.2, 0) is 0 Å². The summed E-state index contributed by atoms with van der Waals surface area (Å²) in [6.45, 7) is 8.00. The lowest BCUT2D eigenvalue weighted by Crippen LogP contribution is -2.25. The number of nitrogens with zero attached hydrogens (tertiary/aromatic N) is 1. The Morgan fingerprint density at radius 3 is 2.68 bits per heavy atom. The monoisotopic (exact) mass is 259 g/mol. The average Bonchev–Trinajstić information content (AvgIpc) is 2.43. The van der Waals surface area contributed by atoms with Gasteiger partial charge in [0.05, 0.1) is 11.5 Å². The summed E-state index contributed by atoms with van der Waals surface area (Å²) < 4.78 is 0. The summed E-state index contributed by atoms with van der Waals surface area (Å²) in [5.74, 6) is 0. The van der Waals surface area contributed by atoms with Crippen LogP contribution in [0.2, 0.25) is 0 Å². The zero-order valence-corrected chi connectivity index (χ0v) is 12.3. The molecule has 0 aromatic carbocycles. The van der Waals surface area contributed by atoms with Crippen molar-refractivity contribution in [2.24, 2.45) is 5.41 Å². The van der Waals surface area contributed by atoms with Crippen molar-refractivity contribution in [2.75, 3.05) is 13.1 Å². The zero-order chi connectivity index (χ0) is 14.6. The minimum absolute atomic E-state index is 0.267. The Morgan fingerprint density at radius 2 is 2.16 bits per heavy atom. The van der Waals surface area contributed by atoms with E-state index in [2.05, 4.69) is 42.7 Å². The summed E-state index contributed by atoms with van der Waals surface area (Å²) in [7, 11) is 0. The molecule has 0 aliphatic rings. The maximum Gasteiger partial charge on any atom is 0.0693 e. The molecule has 0 fully saturated rings. The molecule has 1 atom stereocenters. The molecule has 104 valence electrons. The third-order valence-electron chi connectivity index (χ3n) is 3.27. The molecule has 2 N–H and O–H groups in total. The number of hydrogen-bond donors (Lipinski definition) is 2. The van der Waals surface area contributed by atoms with Gasteiger partial charge in [-0.15, -0.1) is 0 Å². The second kappa shape index (κ2) is 10.2. The molecule has 0 rings (SSSR count). The second-order valence-electron chi connectivity index (χ2n) is 4.62. The quantitative estimate of drug-likeness (QED) is 0.290. The van der Waals surface area contributed by atoms with Gasteiger partial charge < -0.3 is 10.6 Å². The van der Waals surface area contributed by atoms with E-state index in [1.54, 1.807) is 6.20 Å². The van der Waals surface area contributed by atoms with Gasteiger partial charge >= 0.3 is 0 Å². The first-order valence-electron chi connectivity index (χ1n) is 6.80. The van der Waals surface area contributed by atoms with Crippen molar-refractivity contribution in [3.63, 3.8) is 0 Å². The molecule has 0 amide bonds. The third-order valence-corrected chi connectivity index (χ3v) is 3.27. The first-order valence-corrected chi connectivity index (χ1v) is 6.80. The Hall–Kier alpha value is -1.71. The number of rotatable bonds is 9. The Morgan fingerprint density at radius 1 is 1.42 bits per heavy atom. The van der Waals surface area contributed by atoms with Crippen LogP contribution in [-0.4, -0.2) is 13.1 Å². The predicted octanol–water partition coefficient (Wildman–Crippen LogP) is 2.94. The number of allylic oxidation sites excluding steroid dienone is 3. The van der Waals surface area contributed by atoms with Gasteiger partial charge in [0.2, 0.25) is 0 Å². The van der Waals surface area contributed by atoms with Crippen molar-refractivity contribution in [1.29, 1.82) is 5.26 Å². The topological polar surface area (TPSA) is 47.9 Å². The molecule has 0 bridgehead atoms. The van der Waals surface area contributed by atoms with Crippen LogP contribution in [0.25, 0.3) is 0 Å². The van der Waals surface area contributed by atoms with Crippen LogP contribution < -0.4 is 10.6 Å². The molecule has 0 aromatic rings. The molecule has 3 heteroatoms. The van der Waals surface area contributed by atoms with Crippen LogP contribution in [0.5, 0.6) is 0 Å². The van der Waals surface area contributed by atoms with Crippen LogP contribution in [0.4, 0.5) is 0 Å². The summed E-state index contributed by atoms with van der Waals surface area (Å²) >= 11 is 0. The summed E-state index contributed by atoms with van der Waals surface area (Å²) in [6.07, 6.45) is 13.4. The Kier molecular flexibility index (Phi) is 9.31. The molecule has 0 radical (unpaired) electrons. The van der Waals surface area contributed by atoms with Crippen molar-refractivity contribution < 1.29 is 0 Å². The first kappa shape index (κ1) is 17.3. The summed E-state index contributed by atoms with van der Waals surface area (Å²) in [5.41, 5.74) is 0.843. The number of hydrogen-bond acceptors (Lipinski definition) is 3. The smallest absolute Gasteiger partial charge is 0.0693 e. The number of terminal acetylenes is 1. The molecule has 0 aliphatic carbocycles. The highest BCUT2D eigenvalue weighted by atomic mass is 14.8. The number of nitriles is 1. The standard InChI is InChI=1S/C16H25N3/c1-5-16(14-17,11-13-19-7-3)10-8-15(4)9-12-18-6-2/h2,8-9,12,18-19H,5,7,10-11,13H2,1,3-4H3/b12-9-,15-8-. The summed E-state index contributed by atoms with van der Waals surface area (Å²) in [4.78, 5) is 0. The lowest BCUT2D eigenvalue weighted by atomic mass is 9.79. The van der Waals surface area contributed by atoms with Gasteiger partial charge in [-0.1, -0.05) is 31.9 Å². The van der Waals surface area contributed by atoms with E-state index in [9.17, 15) is 5.26 Å². The van der Waals surface area contributed by atoms with Crippen LogP contribution in [0.3, 0.4) is 0 Å². The molecule has 0 saturated heterocycles. The van der Waals surface area contributed by atoms with Gasteiger partial charge in [-0.25, -0.2) is 0 Å². The van der Waals surface area contributed by atoms with Crippen LogP contribution >= 0.6 is 0 Å². The van der Waals surface area contributed by atoms with Gasteiger partial charge in [-0.3, -0.25) is 0 Å². The highest BCUT2D eigenvalue weighted by Crippen LogP contribution is 2.30. The van der Waals surface area contributed by atoms with E-state index in [-0.39, 0.29) is 5.41 Å². The molecule has 0 saturated carbocycles.